The minimum absolute atomic E-state index is 0.0124. The molecular formula is C25H32N2O3S. The number of para-hydroxylation sites is 1. The van der Waals surface area contributed by atoms with Gasteiger partial charge in [0.1, 0.15) is 5.25 Å². The Kier molecular flexibility index (Phi) is 8.15. The Morgan fingerprint density at radius 1 is 1.23 bits per heavy atom. The number of ether oxygens (including phenoxy) is 1. The number of carbonyl (C=O) groups is 2. The van der Waals surface area contributed by atoms with Gasteiger partial charge in [-0.25, -0.2) is 0 Å². The van der Waals surface area contributed by atoms with Gasteiger partial charge in [0.15, 0.2) is 0 Å². The van der Waals surface area contributed by atoms with Gasteiger partial charge in [0, 0.05) is 24.7 Å². The number of fused-ring (bicyclic) bond motifs is 1. The molecule has 2 aromatic rings. The zero-order valence-electron chi connectivity index (χ0n) is 18.8. The highest BCUT2D eigenvalue weighted by Crippen LogP contribution is 2.42. The van der Waals surface area contributed by atoms with Crippen molar-refractivity contribution < 1.29 is 14.3 Å². The molecule has 0 saturated carbocycles. The van der Waals surface area contributed by atoms with Gasteiger partial charge < -0.3 is 15.0 Å². The summed E-state index contributed by atoms with van der Waals surface area (Å²) in [4.78, 5) is 29.2. The molecule has 31 heavy (non-hydrogen) atoms. The van der Waals surface area contributed by atoms with Crippen LogP contribution in [-0.4, -0.2) is 36.8 Å². The molecule has 2 amide bonds. The number of amides is 2. The number of hydrogen-bond donors (Lipinski definition) is 1. The quantitative estimate of drug-likeness (QED) is 0.584. The van der Waals surface area contributed by atoms with Crippen LogP contribution in [0.2, 0.25) is 0 Å². The Balaban J connectivity index is 1.78. The molecule has 1 N–H and O–H groups in total. The molecule has 6 heteroatoms. The van der Waals surface area contributed by atoms with Crippen molar-refractivity contribution in [3.63, 3.8) is 0 Å². The van der Waals surface area contributed by atoms with Crippen LogP contribution >= 0.6 is 11.8 Å². The summed E-state index contributed by atoms with van der Waals surface area (Å²) in [5, 5.41) is 2.51. The Morgan fingerprint density at radius 2 is 2.00 bits per heavy atom. The molecule has 1 aliphatic rings. The summed E-state index contributed by atoms with van der Waals surface area (Å²) in [6.45, 7) is 10.3. The van der Waals surface area contributed by atoms with Crippen LogP contribution in [0, 0.1) is 19.8 Å². The molecule has 1 aliphatic heterocycles. The van der Waals surface area contributed by atoms with Crippen molar-refractivity contribution in [3.8, 4) is 0 Å². The number of anilines is 1. The Labute approximate surface area is 189 Å². The van der Waals surface area contributed by atoms with Crippen molar-refractivity contribution in [3.05, 3.63) is 59.2 Å². The summed E-state index contributed by atoms with van der Waals surface area (Å²) < 4.78 is 5.32. The third-order valence-electron chi connectivity index (χ3n) is 5.59. The van der Waals surface area contributed by atoms with Crippen LogP contribution in [0.15, 0.2) is 47.4 Å². The van der Waals surface area contributed by atoms with E-state index in [9.17, 15) is 9.59 Å². The highest BCUT2D eigenvalue weighted by molar-refractivity contribution is 8.01. The standard InChI is InChI=1S/C25H32N2O3S/c1-5-30-14-8-13-26-24(28)19(4)23-25(29)27(21-9-6-7-10-22(21)31-23)16-20-15-17(2)11-12-18(20)3/h6-7,9-12,15,19,23H,5,8,13-14,16H2,1-4H3,(H,26,28)/t19-,23-/m0/s1. The van der Waals surface area contributed by atoms with Crippen molar-refractivity contribution >= 4 is 29.3 Å². The van der Waals surface area contributed by atoms with E-state index in [4.69, 9.17) is 4.74 Å². The number of carbonyl (C=O) groups excluding carboxylic acids is 2. The monoisotopic (exact) mass is 440 g/mol. The number of benzene rings is 2. The molecular weight excluding hydrogens is 408 g/mol. The lowest BCUT2D eigenvalue weighted by Crippen LogP contribution is -2.47. The first-order chi connectivity index (χ1) is 14.9. The van der Waals surface area contributed by atoms with Gasteiger partial charge in [-0.05, 0) is 50.5 Å². The Bertz CT molecular complexity index is 931. The minimum atomic E-state index is -0.452. The van der Waals surface area contributed by atoms with Crippen molar-refractivity contribution in [1.82, 2.24) is 5.32 Å². The molecule has 166 valence electrons. The maximum atomic E-state index is 13.6. The molecule has 5 nitrogen and oxygen atoms in total. The fourth-order valence-electron chi connectivity index (χ4n) is 3.69. The predicted octanol–water partition coefficient (Wildman–Crippen LogP) is 4.49. The van der Waals surface area contributed by atoms with Gasteiger partial charge in [0.05, 0.1) is 18.2 Å². The number of thioether (sulfide) groups is 1. The molecule has 0 aliphatic carbocycles. The molecule has 0 spiro atoms. The van der Waals surface area contributed by atoms with E-state index in [0.717, 1.165) is 28.1 Å². The summed E-state index contributed by atoms with van der Waals surface area (Å²) in [6, 6.07) is 14.3. The lowest BCUT2D eigenvalue weighted by molar-refractivity contribution is -0.128. The van der Waals surface area contributed by atoms with Crippen molar-refractivity contribution in [2.75, 3.05) is 24.7 Å². The SMILES string of the molecule is CCOCCCNC(=O)[C@@H](C)[C@@H]1Sc2ccccc2N(Cc2cc(C)ccc2C)C1=O. The van der Waals surface area contributed by atoms with Crippen LogP contribution in [0.3, 0.4) is 0 Å². The Hall–Kier alpha value is -2.31. The molecule has 0 fully saturated rings. The van der Waals surface area contributed by atoms with Gasteiger partial charge in [-0.1, -0.05) is 42.8 Å². The highest BCUT2D eigenvalue weighted by Gasteiger charge is 2.39. The van der Waals surface area contributed by atoms with Crippen molar-refractivity contribution in [1.29, 1.82) is 0 Å². The first-order valence-corrected chi connectivity index (χ1v) is 11.8. The van der Waals surface area contributed by atoms with E-state index in [0.29, 0.717) is 26.3 Å². The van der Waals surface area contributed by atoms with E-state index < -0.39 is 11.2 Å². The zero-order chi connectivity index (χ0) is 22.4. The van der Waals surface area contributed by atoms with Gasteiger partial charge in [-0.2, -0.15) is 0 Å². The average Bonchev–Trinajstić information content (AvgIpc) is 2.77. The van der Waals surface area contributed by atoms with E-state index in [1.807, 2.05) is 43.0 Å². The molecule has 0 saturated heterocycles. The summed E-state index contributed by atoms with van der Waals surface area (Å²) in [5.41, 5.74) is 4.37. The number of hydrogen-bond acceptors (Lipinski definition) is 4. The largest absolute Gasteiger partial charge is 0.382 e. The maximum absolute atomic E-state index is 13.6. The third kappa shape index (κ3) is 5.69. The number of aryl methyl sites for hydroxylation is 2. The highest BCUT2D eigenvalue weighted by atomic mass is 32.2. The summed E-state index contributed by atoms with van der Waals surface area (Å²) in [5.74, 6) is -0.533. The number of nitrogens with one attached hydrogen (secondary N) is 1. The van der Waals surface area contributed by atoms with Crippen LogP contribution in [0.25, 0.3) is 0 Å². The molecule has 0 radical (unpaired) electrons. The molecule has 0 unspecified atom stereocenters. The van der Waals surface area contributed by atoms with Crippen LogP contribution in [0.5, 0.6) is 0 Å². The molecule has 2 aromatic carbocycles. The Morgan fingerprint density at radius 3 is 2.77 bits per heavy atom. The topological polar surface area (TPSA) is 58.6 Å². The van der Waals surface area contributed by atoms with Gasteiger partial charge in [0.2, 0.25) is 11.8 Å². The van der Waals surface area contributed by atoms with Crippen LogP contribution < -0.4 is 10.2 Å². The molecule has 1 heterocycles. The first kappa shape index (κ1) is 23.4. The van der Waals surface area contributed by atoms with Gasteiger partial charge in [-0.15, -0.1) is 11.8 Å². The van der Waals surface area contributed by atoms with E-state index in [1.54, 1.807) is 0 Å². The first-order valence-electron chi connectivity index (χ1n) is 10.9. The second kappa shape index (κ2) is 10.8. The lowest BCUT2D eigenvalue weighted by Gasteiger charge is -2.36. The second-order valence-corrected chi connectivity index (χ2v) is 9.17. The van der Waals surface area contributed by atoms with E-state index in [1.165, 1.54) is 17.3 Å². The zero-order valence-corrected chi connectivity index (χ0v) is 19.6. The normalized spacial score (nSPS) is 16.7. The average molecular weight is 441 g/mol. The molecule has 2 atom stereocenters. The predicted molar refractivity (Wildman–Crippen MR) is 126 cm³/mol. The van der Waals surface area contributed by atoms with E-state index in [-0.39, 0.29) is 11.8 Å². The van der Waals surface area contributed by atoms with Crippen molar-refractivity contribution in [2.24, 2.45) is 5.92 Å². The smallest absolute Gasteiger partial charge is 0.241 e. The third-order valence-corrected chi connectivity index (χ3v) is 7.05. The van der Waals surface area contributed by atoms with Gasteiger partial charge >= 0.3 is 0 Å². The molecule has 3 rings (SSSR count). The summed E-state index contributed by atoms with van der Waals surface area (Å²) >= 11 is 1.49. The number of rotatable bonds is 9. The minimum Gasteiger partial charge on any atom is -0.382 e. The summed E-state index contributed by atoms with van der Waals surface area (Å²) in [7, 11) is 0. The lowest BCUT2D eigenvalue weighted by atomic mass is 10.0. The fourth-order valence-corrected chi connectivity index (χ4v) is 4.97. The van der Waals surface area contributed by atoms with Crippen molar-refractivity contribution in [2.45, 2.75) is 50.8 Å². The maximum Gasteiger partial charge on any atom is 0.241 e. The molecule has 0 aromatic heterocycles. The fraction of sp³-hybridized carbons (Fsp3) is 0.440. The molecule has 0 bridgehead atoms. The second-order valence-electron chi connectivity index (χ2n) is 7.99. The van der Waals surface area contributed by atoms with Gasteiger partial charge in [-0.3, -0.25) is 9.59 Å². The van der Waals surface area contributed by atoms with Crippen LogP contribution in [0.1, 0.15) is 37.0 Å². The van der Waals surface area contributed by atoms with Crippen LogP contribution in [0.4, 0.5) is 5.69 Å². The number of nitrogens with zero attached hydrogens (tertiary/aromatic N) is 1. The van der Waals surface area contributed by atoms with Crippen LogP contribution in [-0.2, 0) is 20.9 Å². The van der Waals surface area contributed by atoms with Gasteiger partial charge in [0.25, 0.3) is 0 Å². The summed E-state index contributed by atoms with van der Waals surface area (Å²) in [6.07, 6.45) is 0.764. The van der Waals surface area contributed by atoms with E-state index in [2.05, 4.69) is 37.4 Å². The van der Waals surface area contributed by atoms with E-state index >= 15 is 0 Å².